The van der Waals surface area contributed by atoms with E-state index in [-0.39, 0.29) is 12.0 Å². The first-order valence-electron chi connectivity index (χ1n) is 7.80. The number of amides is 1. The van der Waals surface area contributed by atoms with Gasteiger partial charge >= 0.3 is 0 Å². The maximum atomic E-state index is 12.3. The first-order valence-corrected chi connectivity index (χ1v) is 8.18. The highest BCUT2D eigenvalue weighted by Crippen LogP contribution is 2.32. The Morgan fingerprint density at radius 3 is 2.83 bits per heavy atom. The number of hydrogen-bond donors (Lipinski definition) is 1. The second-order valence-electron chi connectivity index (χ2n) is 5.81. The van der Waals surface area contributed by atoms with Crippen molar-refractivity contribution < 1.29 is 19.0 Å². The smallest absolute Gasteiger partial charge is 0.261 e. The Labute approximate surface area is 144 Å². The summed E-state index contributed by atoms with van der Waals surface area (Å²) in [5.41, 5.74) is 0.953. The lowest BCUT2D eigenvalue weighted by atomic mass is 10.1. The summed E-state index contributed by atoms with van der Waals surface area (Å²) >= 11 is 5.97. The summed E-state index contributed by atoms with van der Waals surface area (Å²) in [5.74, 6) is 1.98. The maximum Gasteiger partial charge on any atom is 0.261 e. The topological polar surface area (TPSA) is 56.8 Å². The Kier molecular flexibility index (Phi) is 3.94. The Bertz CT molecular complexity index is 779. The number of nitrogens with one attached hydrogen (secondary N) is 1. The Balaban J connectivity index is 1.32. The van der Waals surface area contributed by atoms with Crippen molar-refractivity contribution in [3.63, 3.8) is 0 Å². The predicted molar refractivity (Wildman–Crippen MR) is 88.9 cm³/mol. The van der Waals surface area contributed by atoms with Gasteiger partial charge < -0.3 is 19.5 Å². The van der Waals surface area contributed by atoms with Crippen LogP contribution in [-0.4, -0.2) is 31.3 Å². The van der Waals surface area contributed by atoms with E-state index in [1.165, 1.54) is 0 Å². The van der Waals surface area contributed by atoms with Crippen LogP contribution in [-0.2, 0) is 11.2 Å². The molecule has 24 heavy (non-hydrogen) atoms. The normalized spacial score (nSPS) is 20.9. The highest BCUT2D eigenvalue weighted by atomic mass is 35.5. The Morgan fingerprint density at radius 2 is 1.96 bits per heavy atom. The van der Waals surface area contributed by atoms with Crippen LogP contribution in [0.4, 0.5) is 0 Å². The molecule has 2 aromatic rings. The van der Waals surface area contributed by atoms with Crippen LogP contribution < -0.4 is 19.5 Å². The van der Waals surface area contributed by atoms with Gasteiger partial charge in [-0.3, -0.25) is 4.79 Å². The molecular formula is C18H16ClNO4. The van der Waals surface area contributed by atoms with E-state index in [2.05, 4.69) is 5.32 Å². The molecule has 0 radical (unpaired) electrons. The summed E-state index contributed by atoms with van der Waals surface area (Å²) in [6, 6.07) is 12.9. The molecule has 2 heterocycles. The minimum atomic E-state index is -0.532. The molecule has 124 valence electrons. The minimum Gasteiger partial charge on any atom is -0.486 e. The summed E-state index contributed by atoms with van der Waals surface area (Å²) in [6.45, 7) is 0.767. The first-order chi connectivity index (χ1) is 11.7. The molecule has 2 atom stereocenters. The molecule has 1 N–H and O–H groups in total. The van der Waals surface area contributed by atoms with Crippen molar-refractivity contribution in [3.8, 4) is 17.2 Å². The van der Waals surface area contributed by atoms with Crippen molar-refractivity contribution in [3.05, 3.63) is 53.1 Å². The molecule has 0 saturated heterocycles. The van der Waals surface area contributed by atoms with Crippen LogP contribution in [0.15, 0.2) is 42.5 Å². The number of carbonyl (C=O) groups excluding carboxylic acids is 1. The second kappa shape index (κ2) is 6.24. The molecule has 1 amide bonds. The van der Waals surface area contributed by atoms with E-state index in [0.29, 0.717) is 36.1 Å². The number of fused-ring (bicyclic) bond motifs is 2. The van der Waals surface area contributed by atoms with Crippen molar-refractivity contribution in [2.24, 2.45) is 0 Å². The molecule has 5 nitrogen and oxygen atoms in total. The van der Waals surface area contributed by atoms with Gasteiger partial charge in [-0.2, -0.15) is 0 Å². The summed E-state index contributed by atoms with van der Waals surface area (Å²) < 4.78 is 17.1. The third-order valence-corrected chi connectivity index (χ3v) is 4.30. The van der Waals surface area contributed by atoms with Crippen molar-refractivity contribution in [1.82, 2.24) is 5.32 Å². The van der Waals surface area contributed by atoms with Crippen molar-refractivity contribution in [1.29, 1.82) is 0 Å². The molecule has 0 saturated carbocycles. The molecule has 0 fully saturated rings. The fourth-order valence-electron chi connectivity index (χ4n) is 2.86. The summed E-state index contributed by atoms with van der Waals surface area (Å²) in [6.07, 6.45) is -0.232. The molecule has 0 aromatic heterocycles. The van der Waals surface area contributed by atoms with Gasteiger partial charge in [0, 0.05) is 11.4 Å². The number of benzene rings is 2. The lowest BCUT2D eigenvalue weighted by molar-refractivity contribution is -0.127. The van der Waals surface area contributed by atoms with Gasteiger partial charge in [-0.25, -0.2) is 0 Å². The molecule has 2 aliphatic heterocycles. The van der Waals surface area contributed by atoms with Crippen molar-refractivity contribution in [2.45, 2.75) is 18.6 Å². The van der Waals surface area contributed by atoms with Gasteiger partial charge in [0.05, 0.1) is 6.54 Å². The van der Waals surface area contributed by atoms with Gasteiger partial charge in [-0.1, -0.05) is 23.7 Å². The monoisotopic (exact) mass is 345 g/mol. The molecule has 0 spiro atoms. The third-order valence-electron chi connectivity index (χ3n) is 4.06. The number of carbonyl (C=O) groups is 1. The van der Waals surface area contributed by atoms with Gasteiger partial charge in [-0.15, -0.1) is 0 Å². The van der Waals surface area contributed by atoms with Crippen LogP contribution in [0.5, 0.6) is 17.2 Å². The number of halogens is 1. The zero-order chi connectivity index (χ0) is 16.5. The molecule has 2 aromatic carbocycles. The van der Waals surface area contributed by atoms with Crippen LogP contribution in [0.2, 0.25) is 5.02 Å². The lowest BCUT2D eigenvalue weighted by Crippen LogP contribution is -2.45. The molecular weight excluding hydrogens is 330 g/mol. The maximum absolute atomic E-state index is 12.3. The molecule has 6 heteroatoms. The van der Waals surface area contributed by atoms with E-state index in [1.807, 2.05) is 30.3 Å². The number of hydrogen-bond acceptors (Lipinski definition) is 4. The quantitative estimate of drug-likeness (QED) is 0.929. The van der Waals surface area contributed by atoms with Gasteiger partial charge in [-0.05, 0) is 35.9 Å². The second-order valence-corrected chi connectivity index (χ2v) is 6.24. The largest absolute Gasteiger partial charge is 0.486 e. The van der Waals surface area contributed by atoms with Crippen LogP contribution in [0.25, 0.3) is 0 Å². The molecule has 0 aliphatic carbocycles. The minimum absolute atomic E-state index is 0.162. The van der Waals surface area contributed by atoms with Crippen molar-refractivity contribution in [2.75, 3.05) is 13.2 Å². The van der Waals surface area contributed by atoms with E-state index in [9.17, 15) is 4.79 Å². The van der Waals surface area contributed by atoms with Gasteiger partial charge in [0.1, 0.15) is 18.5 Å². The number of rotatable bonds is 3. The third kappa shape index (κ3) is 2.99. The Hall–Kier alpha value is -2.40. The SMILES string of the molecule is O=C(NC[C@@H]1COc2ccccc2O1)[C@H]1Cc2cc(Cl)ccc2O1. The molecule has 4 rings (SSSR count). The zero-order valence-corrected chi connectivity index (χ0v) is 13.6. The van der Waals surface area contributed by atoms with Gasteiger partial charge in [0.2, 0.25) is 0 Å². The fraction of sp³-hybridized carbons (Fsp3) is 0.278. The summed E-state index contributed by atoms with van der Waals surface area (Å²) in [7, 11) is 0. The highest BCUT2D eigenvalue weighted by Gasteiger charge is 2.30. The zero-order valence-electron chi connectivity index (χ0n) is 12.8. The van der Waals surface area contributed by atoms with Crippen LogP contribution in [0.1, 0.15) is 5.56 Å². The van der Waals surface area contributed by atoms with E-state index in [0.717, 1.165) is 11.3 Å². The Morgan fingerprint density at radius 1 is 1.12 bits per heavy atom. The van der Waals surface area contributed by atoms with Gasteiger partial charge in [0.25, 0.3) is 5.91 Å². The standard InChI is InChI=1S/C18H16ClNO4/c19-12-5-6-14-11(7-12)8-17(24-14)18(21)20-9-13-10-22-15-3-1-2-4-16(15)23-13/h1-7,13,17H,8-10H2,(H,20,21)/t13-,17-/m1/s1. The lowest BCUT2D eigenvalue weighted by Gasteiger charge is -2.26. The average Bonchev–Trinajstić information content (AvgIpc) is 3.02. The summed E-state index contributed by atoms with van der Waals surface area (Å²) in [5, 5.41) is 3.52. The van der Waals surface area contributed by atoms with Crippen molar-refractivity contribution >= 4 is 17.5 Å². The first kappa shape index (κ1) is 15.1. The van der Waals surface area contributed by atoms with E-state index < -0.39 is 6.10 Å². The summed E-state index contributed by atoms with van der Waals surface area (Å²) in [4.78, 5) is 12.3. The van der Waals surface area contributed by atoms with Crippen LogP contribution >= 0.6 is 11.6 Å². The van der Waals surface area contributed by atoms with E-state index >= 15 is 0 Å². The molecule has 0 bridgehead atoms. The van der Waals surface area contributed by atoms with Crippen LogP contribution in [0, 0.1) is 0 Å². The number of para-hydroxylation sites is 2. The van der Waals surface area contributed by atoms with E-state index in [4.69, 9.17) is 25.8 Å². The fourth-order valence-corrected chi connectivity index (χ4v) is 3.05. The number of ether oxygens (including phenoxy) is 3. The van der Waals surface area contributed by atoms with E-state index in [1.54, 1.807) is 12.1 Å². The predicted octanol–water partition coefficient (Wildman–Crippen LogP) is 2.60. The highest BCUT2D eigenvalue weighted by molar-refractivity contribution is 6.30. The average molecular weight is 346 g/mol. The van der Waals surface area contributed by atoms with Gasteiger partial charge in [0.15, 0.2) is 17.6 Å². The molecule has 2 aliphatic rings. The molecule has 0 unspecified atom stereocenters. The van der Waals surface area contributed by atoms with Crippen LogP contribution in [0.3, 0.4) is 0 Å².